The largest absolute Gasteiger partial charge is 0.241 e. The van der Waals surface area contributed by atoms with E-state index in [-0.39, 0.29) is 0 Å². The average molecular weight is 459 g/mol. The van der Waals surface area contributed by atoms with Crippen molar-refractivity contribution < 1.29 is 0 Å². The van der Waals surface area contributed by atoms with Gasteiger partial charge in [-0.1, -0.05) is 72.2 Å². The lowest BCUT2D eigenvalue weighted by atomic mass is 9.92. The topological polar surface area (TPSA) is 72.4 Å². The first-order valence-electron chi connectivity index (χ1n) is 11.2. The van der Waals surface area contributed by atoms with Gasteiger partial charge in [0.1, 0.15) is 0 Å². The summed E-state index contributed by atoms with van der Waals surface area (Å²) in [4.78, 5) is 7.70. The summed E-state index contributed by atoms with van der Waals surface area (Å²) < 4.78 is 0. The SMILES string of the molecule is N=C=Nc1ccc(C#Cc2c3ccccc3c(C#Cc3ccc(N=C=N)cc3)c3ccccc23)cc1. The van der Waals surface area contributed by atoms with E-state index in [0.29, 0.717) is 11.4 Å². The maximum Gasteiger partial charge on any atom is 0.0918 e. The molecular weight excluding hydrogens is 440 g/mol. The normalized spacial score (nSPS) is 9.78. The Morgan fingerprint density at radius 2 is 0.750 bits per heavy atom. The van der Waals surface area contributed by atoms with E-state index in [0.717, 1.165) is 43.8 Å². The van der Waals surface area contributed by atoms with Gasteiger partial charge in [0.25, 0.3) is 0 Å². The fourth-order valence-electron chi connectivity index (χ4n) is 4.03. The highest BCUT2D eigenvalue weighted by Gasteiger charge is 2.11. The molecule has 5 rings (SSSR count). The lowest BCUT2D eigenvalue weighted by Gasteiger charge is -2.10. The molecule has 2 N–H and O–H groups in total. The third kappa shape index (κ3) is 4.59. The van der Waals surface area contributed by atoms with Crippen LogP contribution >= 0.6 is 0 Å². The van der Waals surface area contributed by atoms with Crippen LogP contribution in [0.1, 0.15) is 22.3 Å². The van der Waals surface area contributed by atoms with Gasteiger partial charge in [0, 0.05) is 22.3 Å². The van der Waals surface area contributed by atoms with E-state index < -0.39 is 0 Å². The minimum atomic E-state index is 0.673. The minimum Gasteiger partial charge on any atom is -0.241 e. The lowest BCUT2D eigenvalue weighted by Crippen LogP contribution is -1.90. The quantitative estimate of drug-likeness (QED) is 0.156. The van der Waals surface area contributed by atoms with Gasteiger partial charge in [-0.25, -0.2) is 10.8 Å². The van der Waals surface area contributed by atoms with Gasteiger partial charge in [0.05, 0.1) is 23.4 Å². The van der Waals surface area contributed by atoms with E-state index in [2.05, 4.69) is 57.9 Å². The maximum absolute atomic E-state index is 6.99. The van der Waals surface area contributed by atoms with Crippen molar-refractivity contribution in [2.75, 3.05) is 0 Å². The molecular formula is C32H18N4. The number of nitrogens with zero attached hydrogens (tertiary/aromatic N) is 2. The molecule has 0 saturated carbocycles. The van der Waals surface area contributed by atoms with Crippen LogP contribution in [0.15, 0.2) is 107 Å². The second-order valence-electron chi connectivity index (χ2n) is 7.88. The van der Waals surface area contributed by atoms with Crippen LogP contribution in [-0.2, 0) is 0 Å². The van der Waals surface area contributed by atoms with Crippen LogP contribution < -0.4 is 0 Å². The summed E-state index contributed by atoms with van der Waals surface area (Å²) in [6, 6.07) is 35.4. The van der Waals surface area contributed by atoms with Crippen molar-refractivity contribution in [3.05, 3.63) is 119 Å². The highest BCUT2D eigenvalue weighted by atomic mass is 14.7. The molecule has 0 aromatic heterocycles. The van der Waals surface area contributed by atoms with Crippen LogP contribution in [0.4, 0.5) is 11.4 Å². The number of hydrogen-bond donors (Lipinski definition) is 2. The first-order valence-corrected chi connectivity index (χ1v) is 11.2. The summed E-state index contributed by atoms with van der Waals surface area (Å²) in [6.07, 6.45) is 0. The first kappa shape index (κ1) is 22.3. The Morgan fingerprint density at radius 3 is 1.06 bits per heavy atom. The van der Waals surface area contributed by atoms with Crippen LogP contribution in [0.25, 0.3) is 21.5 Å². The summed E-state index contributed by atoms with van der Waals surface area (Å²) in [5, 5.41) is 18.2. The molecule has 36 heavy (non-hydrogen) atoms. The predicted molar refractivity (Wildman–Crippen MR) is 146 cm³/mol. The van der Waals surface area contributed by atoms with E-state index >= 15 is 0 Å². The van der Waals surface area contributed by atoms with Crippen molar-refractivity contribution in [2.24, 2.45) is 9.98 Å². The average Bonchev–Trinajstić information content (AvgIpc) is 2.92. The van der Waals surface area contributed by atoms with Crippen molar-refractivity contribution in [2.45, 2.75) is 0 Å². The van der Waals surface area contributed by atoms with Crippen molar-refractivity contribution in [3.8, 4) is 23.7 Å². The van der Waals surface area contributed by atoms with Gasteiger partial charge in [-0.05, 0) is 70.1 Å². The van der Waals surface area contributed by atoms with E-state index in [9.17, 15) is 0 Å². The van der Waals surface area contributed by atoms with Crippen molar-refractivity contribution in [3.63, 3.8) is 0 Å². The minimum absolute atomic E-state index is 0.673. The zero-order valence-corrected chi connectivity index (χ0v) is 19.1. The zero-order chi connectivity index (χ0) is 24.7. The predicted octanol–water partition coefficient (Wildman–Crippen LogP) is 7.56. The van der Waals surface area contributed by atoms with E-state index in [1.54, 1.807) is 0 Å². The van der Waals surface area contributed by atoms with Crippen LogP contribution in [-0.4, -0.2) is 12.0 Å². The lowest BCUT2D eigenvalue weighted by molar-refractivity contribution is 1.48. The van der Waals surface area contributed by atoms with Gasteiger partial charge >= 0.3 is 0 Å². The Kier molecular flexibility index (Phi) is 6.31. The monoisotopic (exact) mass is 458 g/mol. The number of fused-ring (bicyclic) bond motifs is 2. The van der Waals surface area contributed by atoms with Crippen molar-refractivity contribution in [1.29, 1.82) is 10.8 Å². The Labute approximate surface area is 208 Å². The molecule has 0 aliphatic rings. The van der Waals surface area contributed by atoms with Gasteiger partial charge < -0.3 is 0 Å². The fourth-order valence-corrected chi connectivity index (χ4v) is 4.03. The molecule has 4 nitrogen and oxygen atoms in total. The molecule has 0 spiro atoms. The molecule has 0 amide bonds. The summed E-state index contributed by atoms with van der Waals surface area (Å²) in [6.45, 7) is 0. The number of nitrogens with one attached hydrogen (secondary N) is 2. The number of rotatable bonds is 2. The molecule has 0 radical (unpaired) electrons. The molecule has 4 heteroatoms. The van der Waals surface area contributed by atoms with Crippen molar-refractivity contribution >= 4 is 44.9 Å². The number of hydrogen-bond acceptors (Lipinski definition) is 4. The molecule has 0 aliphatic carbocycles. The summed E-state index contributed by atoms with van der Waals surface area (Å²) in [5.74, 6) is 13.4. The molecule has 5 aromatic carbocycles. The molecule has 0 fully saturated rings. The molecule has 0 aliphatic heterocycles. The van der Waals surface area contributed by atoms with Crippen molar-refractivity contribution in [1.82, 2.24) is 0 Å². The van der Waals surface area contributed by atoms with Crippen LogP contribution in [0.3, 0.4) is 0 Å². The molecule has 0 atom stereocenters. The van der Waals surface area contributed by atoms with Crippen LogP contribution in [0.2, 0.25) is 0 Å². The van der Waals surface area contributed by atoms with E-state index in [4.69, 9.17) is 10.8 Å². The highest BCUT2D eigenvalue weighted by Crippen LogP contribution is 2.32. The van der Waals surface area contributed by atoms with Gasteiger partial charge in [0.15, 0.2) is 0 Å². The highest BCUT2D eigenvalue weighted by molar-refractivity contribution is 6.09. The van der Waals surface area contributed by atoms with E-state index in [1.807, 2.05) is 84.8 Å². The van der Waals surface area contributed by atoms with Gasteiger partial charge in [-0.3, -0.25) is 0 Å². The van der Waals surface area contributed by atoms with Crippen LogP contribution in [0.5, 0.6) is 0 Å². The maximum atomic E-state index is 6.99. The Bertz CT molecular complexity index is 1630. The fraction of sp³-hybridized carbons (Fsp3) is 0. The van der Waals surface area contributed by atoms with Crippen LogP contribution in [0, 0.1) is 34.5 Å². The Hall–Kier alpha value is -5.50. The van der Waals surface area contributed by atoms with Gasteiger partial charge in [-0.15, -0.1) is 0 Å². The summed E-state index contributed by atoms with van der Waals surface area (Å²) in [5.41, 5.74) is 5.00. The standard InChI is InChI=1S/C32H18N4/c33-21-35-25-15-9-23(10-16-25)13-19-31-27-5-1-2-6-28(27)32(30-8-4-3-7-29(30)31)20-14-24-11-17-26(18-12-24)36-22-34/h1-12,15-18,33-34H. The smallest absolute Gasteiger partial charge is 0.0918 e. The number of aliphatic imine (C=N–C) groups is 2. The van der Waals surface area contributed by atoms with E-state index in [1.165, 1.54) is 0 Å². The summed E-state index contributed by atoms with van der Waals surface area (Å²) in [7, 11) is 0. The Balaban J connectivity index is 1.66. The molecule has 166 valence electrons. The third-order valence-corrected chi connectivity index (χ3v) is 5.70. The van der Waals surface area contributed by atoms with Gasteiger partial charge in [-0.2, -0.15) is 9.98 Å². The third-order valence-electron chi connectivity index (χ3n) is 5.70. The first-order chi connectivity index (χ1) is 17.8. The zero-order valence-electron chi connectivity index (χ0n) is 19.1. The second-order valence-corrected chi connectivity index (χ2v) is 7.88. The van der Waals surface area contributed by atoms with Gasteiger partial charge in [0.2, 0.25) is 0 Å². The molecule has 0 heterocycles. The molecule has 0 bridgehead atoms. The molecule has 5 aromatic rings. The molecule has 0 unspecified atom stereocenters. The Morgan fingerprint density at radius 1 is 0.417 bits per heavy atom. The number of benzene rings is 5. The second kappa shape index (κ2) is 10.2. The summed E-state index contributed by atoms with van der Waals surface area (Å²) >= 11 is 0. The molecule has 0 saturated heterocycles.